The normalized spacial score (nSPS) is 19.2. The van der Waals surface area contributed by atoms with Crippen molar-refractivity contribution in [2.24, 2.45) is 5.92 Å². The van der Waals surface area contributed by atoms with E-state index in [-0.39, 0.29) is 37.5 Å². The minimum absolute atomic E-state index is 0.204. The maximum Gasteiger partial charge on any atom is 0.248 e. The number of alkyl halides is 2. The summed E-state index contributed by atoms with van der Waals surface area (Å²) in [5.74, 6) is -3.15. The standard InChI is InChI=1S/C13H13BrClF2NO/c14-10-7-9(1-2-11(10)15)18-12(19)8-3-5-13(16,17)6-4-8/h1-2,7-8H,3-6H2,(H,18,19). The minimum Gasteiger partial charge on any atom is -0.326 e. The van der Waals surface area contributed by atoms with Crippen LogP contribution in [0.3, 0.4) is 0 Å². The Hall–Kier alpha value is -0.680. The number of anilines is 1. The van der Waals surface area contributed by atoms with Crippen LogP contribution in [-0.2, 0) is 4.79 Å². The second-order valence-electron chi connectivity index (χ2n) is 4.75. The van der Waals surface area contributed by atoms with Crippen molar-refractivity contribution < 1.29 is 13.6 Å². The fraction of sp³-hybridized carbons (Fsp3) is 0.462. The lowest BCUT2D eigenvalue weighted by Gasteiger charge is -2.27. The molecule has 2 nitrogen and oxygen atoms in total. The number of carbonyl (C=O) groups is 1. The van der Waals surface area contributed by atoms with Crippen LogP contribution in [0, 0.1) is 5.92 Å². The van der Waals surface area contributed by atoms with Crippen molar-refractivity contribution >= 4 is 39.1 Å². The zero-order valence-corrected chi connectivity index (χ0v) is 12.4. The van der Waals surface area contributed by atoms with Gasteiger partial charge in [-0.2, -0.15) is 0 Å². The van der Waals surface area contributed by atoms with Gasteiger partial charge < -0.3 is 5.32 Å². The van der Waals surface area contributed by atoms with Crippen molar-refractivity contribution in [1.82, 2.24) is 0 Å². The van der Waals surface area contributed by atoms with Crippen LogP contribution in [0.5, 0.6) is 0 Å². The largest absolute Gasteiger partial charge is 0.326 e. The molecule has 19 heavy (non-hydrogen) atoms. The summed E-state index contributed by atoms with van der Waals surface area (Å²) in [4.78, 5) is 12.0. The zero-order chi connectivity index (χ0) is 14.0. The molecular formula is C13H13BrClF2NO. The van der Waals surface area contributed by atoms with Crippen LogP contribution in [0.2, 0.25) is 5.02 Å². The molecule has 0 saturated heterocycles. The molecule has 0 bridgehead atoms. The number of benzene rings is 1. The van der Waals surface area contributed by atoms with Gasteiger partial charge in [0.2, 0.25) is 11.8 Å². The lowest BCUT2D eigenvalue weighted by atomic mass is 9.86. The van der Waals surface area contributed by atoms with Crippen LogP contribution in [0.1, 0.15) is 25.7 Å². The summed E-state index contributed by atoms with van der Waals surface area (Å²) < 4.78 is 26.7. The van der Waals surface area contributed by atoms with E-state index in [2.05, 4.69) is 21.2 Å². The molecule has 2 rings (SSSR count). The number of amides is 1. The van der Waals surface area contributed by atoms with E-state index in [0.717, 1.165) is 0 Å². The van der Waals surface area contributed by atoms with Crippen LogP contribution in [0.25, 0.3) is 0 Å². The Morgan fingerprint density at radius 2 is 2.00 bits per heavy atom. The summed E-state index contributed by atoms with van der Waals surface area (Å²) in [6, 6.07) is 5.04. The average Bonchev–Trinajstić information content (AvgIpc) is 2.33. The highest BCUT2D eigenvalue weighted by Gasteiger charge is 2.37. The van der Waals surface area contributed by atoms with Crippen LogP contribution < -0.4 is 5.32 Å². The van der Waals surface area contributed by atoms with Crippen molar-refractivity contribution in [3.8, 4) is 0 Å². The molecule has 1 N–H and O–H groups in total. The highest BCUT2D eigenvalue weighted by Crippen LogP contribution is 2.36. The quantitative estimate of drug-likeness (QED) is 0.808. The summed E-state index contributed by atoms with van der Waals surface area (Å²) in [6.45, 7) is 0. The molecule has 0 aliphatic heterocycles. The third-order valence-electron chi connectivity index (χ3n) is 3.28. The van der Waals surface area contributed by atoms with Crippen molar-refractivity contribution in [1.29, 1.82) is 0 Å². The highest BCUT2D eigenvalue weighted by atomic mass is 79.9. The molecule has 1 fully saturated rings. The molecule has 1 saturated carbocycles. The number of carbonyl (C=O) groups excluding carboxylic acids is 1. The van der Waals surface area contributed by atoms with Gasteiger partial charge in [-0.15, -0.1) is 0 Å². The zero-order valence-electron chi connectivity index (χ0n) is 10.1. The molecule has 1 amide bonds. The Morgan fingerprint density at radius 3 is 2.58 bits per heavy atom. The third-order valence-corrected chi connectivity index (χ3v) is 4.49. The van der Waals surface area contributed by atoms with E-state index in [1.54, 1.807) is 18.2 Å². The van der Waals surface area contributed by atoms with E-state index in [9.17, 15) is 13.6 Å². The van der Waals surface area contributed by atoms with Crippen molar-refractivity contribution in [3.63, 3.8) is 0 Å². The van der Waals surface area contributed by atoms with E-state index < -0.39 is 5.92 Å². The molecule has 104 valence electrons. The van der Waals surface area contributed by atoms with Crippen molar-refractivity contribution in [2.45, 2.75) is 31.6 Å². The first-order valence-electron chi connectivity index (χ1n) is 6.01. The predicted molar refractivity (Wildman–Crippen MR) is 74.7 cm³/mol. The van der Waals surface area contributed by atoms with Gasteiger partial charge in [-0.3, -0.25) is 4.79 Å². The number of nitrogens with one attached hydrogen (secondary N) is 1. The molecule has 0 heterocycles. The summed E-state index contributed by atoms with van der Waals surface area (Å²) in [5.41, 5.74) is 0.610. The molecule has 1 aromatic carbocycles. The number of rotatable bonds is 2. The first kappa shape index (κ1) is 14.7. The lowest BCUT2D eigenvalue weighted by Crippen LogP contribution is -2.31. The monoisotopic (exact) mass is 351 g/mol. The summed E-state index contributed by atoms with van der Waals surface area (Å²) in [6.07, 6.45) is 0.0337. The van der Waals surface area contributed by atoms with Crippen molar-refractivity contribution in [2.75, 3.05) is 5.32 Å². The van der Waals surface area contributed by atoms with E-state index >= 15 is 0 Å². The lowest BCUT2D eigenvalue weighted by molar-refractivity contribution is -0.124. The predicted octanol–water partition coefficient (Wildman–Crippen LogP) is 4.87. The van der Waals surface area contributed by atoms with E-state index in [0.29, 0.717) is 15.2 Å². The van der Waals surface area contributed by atoms with E-state index in [4.69, 9.17) is 11.6 Å². The molecular weight excluding hydrogens is 340 g/mol. The number of hydrogen-bond acceptors (Lipinski definition) is 1. The Kier molecular flexibility index (Phi) is 4.46. The topological polar surface area (TPSA) is 29.1 Å². The summed E-state index contributed by atoms with van der Waals surface area (Å²) in [7, 11) is 0. The molecule has 0 radical (unpaired) electrons. The smallest absolute Gasteiger partial charge is 0.248 e. The SMILES string of the molecule is O=C(Nc1ccc(Cl)c(Br)c1)C1CCC(F)(F)CC1. The fourth-order valence-electron chi connectivity index (χ4n) is 2.12. The van der Waals surface area contributed by atoms with Gasteiger partial charge in [0.25, 0.3) is 0 Å². The van der Waals surface area contributed by atoms with Gasteiger partial charge >= 0.3 is 0 Å². The van der Waals surface area contributed by atoms with E-state index in [1.807, 2.05) is 0 Å². The van der Waals surface area contributed by atoms with Crippen LogP contribution >= 0.6 is 27.5 Å². The maximum atomic E-state index is 13.0. The Balaban J connectivity index is 1.96. The molecule has 1 aliphatic rings. The number of halogens is 4. The minimum atomic E-state index is -2.61. The molecule has 0 aromatic heterocycles. The molecule has 0 atom stereocenters. The second kappa shape index (κ2) is 5.75. The van der Waals surface area contributed by atoms with Gasteiger partial charge in [-0.05, 0) is 47.0 Å². The van der Waals surface area contributed by atoms with Gasteiger partial charge in [0.1, 0.15) is 0 Å². The molecule has 0 unspecified atom stereocenters. The molecule has 1 aromatic rings. The van der Waals surface area contributed by atoms with Gasteiger partial charge in [-0.25, -0.2) is 8.78 Å². The first-order valence-corrected chi connectivity index (χ1v) is 7.18. The second-order valence-corrected chi connectivity index (χ2v) is 6.01. The first-order chi connectivity index (χ1) is 8.87. The Labute approximate surface area is 123 Å². The molecule has 1 aliphatic carbocycles. The molecule has 6 heteroatoms. The van der Waals surface area contributed by atoms with Gasteiger partial charge in [-0.1, -0.05) is 11.6 Å². The van der Waals surface area contributed by atoms with Crippen LogP contribution in [0.4, 0.5) is 14.5 Å². The van der Waals surface area contributed by atoms with Crippen LogP contribution in [0.15, 0.2) is 22.7 Å². The number of hydrogen-bond donors (Lipinski definition) is 1. The maximum absolute atomic E-state index is 13.0. The van der Waals surface area contributed by atoms with Gasteiger partial charge in [0, 0.05) is 28.9 Å². The summed E-state index contributed by atoms with van der Waals surface area (Å²) >= 11 is 9.12. The Morgan fingerprint density at radius 1 is 1.37 bits per heavy atom. The molecule has 0 spiro atoms. The van der Waals surface area contributed by atoms with Gasteiger partial charge in [0.05, 0.1) is 5.02 Å². The average molecular weight is 353 g/mol. The Bertz CT molecular complexity index is 486. The third kappa shape index (κ3) is 3.89. The highest BCUT2D eigenvalue weighted by molar-refractivity contribution is 9.10. The van der Waals surface area contributed by atoms with Crippen LogP contribution in [-0.4, -0.2) is 11.8 Å². The van der Waals surface area contributed by atoms with E-state index in [1.165, 1.54) is 0 Å². The summed E-state index contributed by atoms with van der Waals surface area (Å²) in [5, 5.41) is 3.29. The fourth-order valence-corrected chi connectivity index (χ4v) is 2.62. The van der Waals surface area contributed by atoms with Crippen molar-refractivity contribution in [3.05, 3.63) is 27.7 Å². The van der Waals surface area contributed by atoms with Gasteiger partial charge in [0.15, 0.2) is 0 Å².